The molecule has 0 aliphatic heterocycles. The minimum absolute atomic E-state index is 0.116. The van der Waals surface area contributed by atoms with Crippen LogP contribution >= 0.6 is 0 Å². The molecule has 1 aromatic carbocycles. The Morgan fingerprint density at radius 2 is 2.10 bits per heavy atom. The number of hydrogen-bond acceptors (Lipinski definition) is 4. The zero-order valence-corrected chi connectivity index (χ0v) is 13.3. The standard InChI is InChI=1S/C14H21N3O3S/c1-5-6-12(15)14(18)16-13-9-11(8-7-10(13)2)21(19,20)17(3)4/h5,7-9,12H,1,6,15H2,2-4H3,(H,16,18). The molecule has 0 aliphatic carbocycles. The molecule has 0 aromatic heterocycles. The molecule has 0 bridgehead atoms. The third kappa shape index (κ3) is 4.13. The monoisotopic (exact) mass is 311 g/mol. The first-order valence-corrected chi connectivity index (χ1v) is 7.84. The van der Waals surface area contributed by atoms with E-state index in [2.05, 4.69) is 11.9 Å². The average molecular weight is 311 g/mol. The summed E-state index contributed by atoms with van der Waals surface area (Å²) in [4.78, 5) is 12.0. The number of nitrogens with two attached hydrogens (primary N) is 1. The number of hydrogen-bond donors (Lipinski definition) is 2. The fraction of sp³-hybridized carbons (Fsp3) is 0.357. The van der Waals surface area contributed by atoms with E-state index < -0.39 is 16.1 Å². The molecule has 0 fully saturated rings. The summed E-state index contributed by atoms with van der Waals surface area (Å²) in [6, 6.07) is 3.87. The van der Waals surface area contributed by atoms with Crippen LogP contribution in [0.15, 0.2) is 35.7 Å². The van der Waals surface area contributed by atoms with Gasteiger partial charge in [0.2, 0.25) is 15.9 Å². The van der Waals surface area contributed by atoms with Crippen LogP contribution in [0.4, 0.5) is 5.69 Å². The predicted octanol–water partition coefficient (Wildman–Crippen LogP) is 1.09. The second-order valence-electron chi connectivity index (χ2n) is 4.88. The van der Waals surface area contributed by atoms with E-state index >= 15 is 0 Å². The van der Waals surface area contributed by atoms with Crippen molar-refractivity contribution < 1.29 is 13.2 Å². The van der Waals surface area contributed by atoms with Gasteiger partial charge in [-0.05, 0) is 31.0 Å². The lowest BCUT2D eigenvalue weighted by Crippen LogP contribution is -2.35. The van der Waals surface area contributed by atoms with Crippen LogP contribution in [0.5, 0.6) is 0 Å². The second-order valence-corrected chi connectivity index (χ2v) is 7.04. The van der Waals surface area contributed by atoms with E-state index in [1.807, 2.05) is 0 Å². The van der Waals surface area contributed by atoms with E-state index in [9.17, 15) is 13.2 Å². The Morgan fingerprint density at radius 3 is 2.62 bits per heavy atom. The molecule has 116 valence electrons. The molecule has 1 unspecified atom stereocenters. The summed E-state index contributed by atoms with van der Waals surface area (Å²) < 4.78 is 25.3. The third-order valence-electron chi connectivity index (χ3n) is 3.00. The lowest BCUT2D eigenvalue weighted by molar-refractivity contribution is -0.117. The van der Waals surface area contributed by atoms with Crippen LogP contribution in [-0.4, -0.2) is 38.8 Å². The van der Waals surface area contributed by atoms with Gasteiger partial charge in [-0.1, -0.05) is 12.1 Å². The number of anilines is 1. The first-order valence-electron chi connectivity index (χ1n) is 6.40. The summed E-state index contributed by atoms with van der Waals surface area (Å²) in [6.45, 7) is 5.31. The highest BCUT2D eigenvalue weighted by atomic mass is 32.2. The van der Waals surface area contributed by atoms with Crippen molar-refractivity contribution >= 4 is 21.6 Å². The summed E-state index contributed by atoms with van der Waals surface area (Å²) >= 11 is 0. The van der Waals surface area contributed by atoms with Crippen molar-refractivity contribution in [2.24, 2.45) is 5.73 Å². The maximum atomic E-state index is 12.1. The fourth-order valence-electron chi connectivity index (χ4n) is 1.62. The Hall–Kier alpha value is -1.70. The highest BCUT2D eigenvalue weighted by Gasteiger charge is 2.19. The van der Waals surface area contributed by atoms with Crippen molar-refractivity contribution in [2.75, 3.05) is 19.4 Å². The van der Waals surface area contributed by atoms with Crippen LogP contribution in [0.3, 0.4) is 0 Å². The van der Waals surface area contributed by atoms with Gasteiger partial charge in [0.1, 0.15) is 0 Å². The zero-order chi connectivity index (χ0) is 16.2. The lowest BCUT2D eigenvalue weighted by atomic mass is 10.1. The fourth-order valence-corrected chi connectivity index (χ4v) is 2.55. The van der Waals surface area contributed by atoms with Gasteiger partial charge in [0, 0.05) is 19.8 Å². The smallest absolute Gasteiger partial charge is 0.242 e. The topological polar surface area (TPSA) is 92.5 Å². The van der Waals surface area contributed by atoms with Gasteiger partial charge in [-0.25, -0.2) is 12.7 Å². The Kier molecular flexibility index (Phi) is 5.65. The second kappa shape index (κ2) is 6.84. The molecule has 1 aromatic rings. The Bertz CT molecular complexity index is 639. The van der Waals surface area contributed by atoms with E-state index in [-0.39, 0.29) is 10.8 Å². The third-order valence-corrected chi connectivity index (χ3v) is 4.81. The van der Waals surface area contributed by atoms with Crippen LogP contribution < -0.4 is 11.1 Å². The Balaban J connectivity index is 3.09. The van der Waals surface area contributed by atoms with E-state index in [0.29, 0.717) is 12.1 Å². The summed E-state index contributed by atoms with van der Waals surface area (Å²) in [6.07, 6.45) is 1.91. The molecule has 0 spiro atoms. The Morgan fingerprint density at radius 1 is 1.48 bits per heavy atom. The molecule has 1 atom stereocenters. The van der Waals surface area contributed by atoms with E-state index in [0.717, 1.165) is 9.87 Å². The number of benzene rings is 1. The quantitative estimate of drug-likeness (QED) is 0.769. The Labute approximate surface area is 125 Å². The number of sulfonamides is 1. The summed E-state index contributed by atoms with van der Waals surface area (Å²) in [5.41, 5.74) is 6.88. The number of nitrogens with zero attached hydrogens (tertiary/aromatic N) is 1. The largest absolute Gasteiger partial charge is 0.324 e. The molecular formula is C14H21N3O3S. The van der Waals surface area contributed by atoms with Crippen LogP contribution in [0.25, 0.3) is 0 Å². The number of amides is 1. The zero-order valence-electron chi connectivity index (χ0n) is 12.5. The lowest BCUT2D eigenvalue weighted by Gasteiger charge is -2.15. The predicted molar refractivity (Wildman–Crippen MR) is 83.5 cm³/mol. The molecule has 0 radical (unpaired) electrons. The summed E-state index contributed by atoms with van der Waals surface area (Å²) in [7, 11) is -0.644. The SMILES string of the molecule is C=CCC(N)C(=O)Nc1cc(S(=O)(=O)N(C)C)ccc1C. The molecule has 0 saturated heterocycles. The molecule has 21 heavy (non-hydrogen) atoms. The first-order chi connectivity index (χ1) is 9.70. The van der Waals surface area contributed by atoms with Gasteiger partial charge >= 0.3 is 0 Å². The number of rotatable bonds is 6. The van der Waals surface area contributed by atoms with E-state index in [4.69, 9.17) is 5.73 Å². The van der Waals surface area contributed by atoms with Gasteiger partial charge in [-0.15, -0.1) is 6.58 Å². The molecule has 0 saturated carbocycles. The highest BCUT2D eigenvalue weighted by Crippen LogP contribution is 2.22. The highest BCUT2D eigenvalue weighted by molar-refractivity contribution is 7.89. The maximum absolute atomic E-state index is 12.1. The van der Waals surface area contributed by atoms with Gasteiger partial charge in [0.15, 0.2) is 0 Å². The number of aryl methyl sites for hydroxylation is 1. The molecule has 1 rings (SSSR count). The van der Waals surface area contributed by atoms with Crippen LogP contribution in [0, 0.1) is 6.92 Å². The number of carbonyl (C=O) groups is 1. The summed E-state index contributed by atoms with van der Waals surface area (Å²) in [5, 5.41) is 2.65. The van der Waals surface area contributed by atoms with Gasteiger partial charge in [-0.2, -0.15) is 0 Å². The van der Waals surface area contributed by atoms with Gasteiger partial charge in [0.25, 0.3) is 0 Å². The van der Waals surface area contributed by atoms with Gasteiger partial charge < -0.3 is 11.1 Å². The molecular weight excluding hydrogens is 290 g/mol. The van der Waals surface area contributed by atoms with Crippen molar-refractivity contribution in [1.82, 2.24) is 4.31 Å². The molecule has 3 N–H and O–H groups in total. The molecule has 1 amide bonds. The molecule has 7 heteroatoms. The number of nitrogens with one attached hydrogen (secondary N) is 1. The van der Waals surface area contributed by atoms with Crippen molar-refractivity contribution in [3.63, 3.8) is 0 Å². The van der Waals surface area contributed by atoms with Crippen molar-refractivity contribution in [3.8, 4) is 0 Å². The molecule has 6 nitrogen and oxygen atoms in total. The minimum Gasteiger partial charge on any atom is -0.324 e. The van der Waals surface area contributed by atoms with E-state index in [1.165, 1.54) is 26.2 Å². The average Bonchev–Trinajstić information content (AvgIpc) is 2.40. The molecule has 0 heterocycles. The number of carbonyl (C=O) groups excluding carboxylic acids is 1. The minimum atomic E-state index is -3.55. The van der Waals surface area contributed by atoms with Gasteiger partial charge in [0.05, 0.1) is 10.9 Å². The van der Waals surface area contributed by atoms with Crippen molar-refractivity contribution in [2.45, 2.75) is 24.3 Å². The van der Waals surface area contributed by atoms with Crippen molar-refractivity contribution in [3.05, 3.63) is 36.4 Å². The molecule has 0 aliphatic rings. The van der Waals surface area contributed by atoms with Crippen molar-refractivity contribution in [1.29, 1.82) is 0 Å². The first kappa shape index (κ1) is 17.4. The summed E-state index contributed by atoms with van der Waals surface area (Å²) in [5.74, 6) is -0.377. The van der Waals surface area contributed by atoms with Crippen LogP contribution in [0.2, 0.25) is 0 Å². The maximum Gasteiger partial charge on any atom is 0.242 e. The van der Waals surface area contributed by atoms with Crippen LogP contribution in [0.1, 0.15) is 12.0 Å². The van der Waals surface area contributed by atoms with Gasteiger partial charge in [-0.3, -0.25) is 4.79 Å². The van der Waals surface area contributed by atoms with E-state index in [1.54, 1.807) is 19.1 Å². The normalized spacial score (nSPS) is 13.0. The van der Waals surface area contributed by atoms with Crippen LogP contribution in [-0.2, 0) is 14.8 Å².